The van der Waals surface area contributed by atoms with Crippen LogP contribution in [-0.4, -0.2) is 41.7 Å². The lowest BCUT2D eigenvalue weighted by atomic mass is 10.1. The summed E-state index contributed by atoms with van der Waals surface area (Å²) in [7, 11) is 0. The average Bonchev–Trinajstić information content (AvgIpc) is 2.34. The summed E-state index contributed by atoms with van der Waals surface area (Å²) in [6, 6.07) is 4.52. The standard InChI is InChI=1S/C13H17FN2O2/c1-9-2-3-10(6-11(9)14)8-16-5-4-15-7-12(16)13(17)18/h2-3,6,12,15H,4-5,7-8H2,1H3,(H,17,18). The third-order valence-corrected chi connectivity index (χ3v) is 3.26. The maximum Gasteiger partial charge on any atom is 0.322 e. The molecule has 1 unspecified atom stereocenters. The summed E-state index contributed by atoms with van der Waals surface area (Å²) < 4.78 is 13.4. The lowest BCUT2D eigenvalue weighted by Crippen LogP contribution is -2.54. The lowest BCUT2D eigenvalue weighted by Gasteiger charge is -2.33. The number of rotatable bonds is 3. The Kier molecular flexibility index (Phi) is 3.93. The molecule has 18 heavy (non-hydrogen) atoms. The van der Waals surface area contributed by atoms with Gasteiger partial charge in [-0.15, -0.1) is 0 Å². The van der Waals surface area contributed by atoms with Gasteiger partial charge < -0.3 is 10.4 Å². The van der Waals surface area contributed by atoms with Gasteiger partial charge in [0, 0.05) is 26.2 Å². The van der Waals surface area contributed by atoms with Gasteiger partial charge in [-0.05, 0) is 24.1 Å². The number of carboxylic acids is 1. The van der Waals surface area contributed by atoms with Crippen molar-refractivity contribution in [3.8, 4) is 0 Å². The van der Waals surface area contributed by atoms with Crippen LogP contribution in [0.5, 0.6) is 0 Å². The maximum atomic E-state index is 13.4. The molecule has 1 aromatic carbocycles. The predicted octanol–water partition coefficient (Wildman–Crippen LogP) is 0.993. The molecule has 4 nitrogen and oxygen atoms in total. The van der Waals surface area contributed by atoms with E-state index in [4.69, 9.17) is 5.11 Å². The minimum Gasteiger partial charge on any atom is -0.480 e. The first kappa shape index (κ1) is 13.0. The van der Waals surface area contributed by atoms with Gasteiger partial charge in [0.1, 0.15) is 11.9 Å². The van der Waals surface area contributed by atoms with Gasteiger partial charge in [0.15, 0.2) is 0 Å². The lowest BCUT2D eigenvalue weighted by molar-refractivity contribution is -0.144. The summed E-state index contributed by atoms with van der Waals surface area (Å²) in [4.78, 5) is 13.0. The van der Waals surface area contributed by atoms with E-state index >= 15 is 0 Å². The van der Waals surface area contributed by atoms with Crippen molar-refractivity contribution in [3.63, 3.8) is 0 Å². The van der Waals surface area contributed by atoms with E-state index in [1.165, 1.54) is 6.07 Å². The molecule has 0 aliphatic carbocycles. The molecule has 0 amide bonds. The second kappa shape index (κ2) is 5.46. The molecule has 5 heteroatoms. The molecule has 0 aromatic heterocycles. The highest BCUT2D eigenvalue weighted by Crippen LogP contribution is 2.14. The van der Waals surface area contributed by atoms with Crippen LogP contribution in [0.15, 0.2) is 18.2 Å². The Morgan fingerprint density at radius 1 is 1.61 bits per heavy atom. The van der Waals surface area contributed by atoms with Crippen molar-refractivity contribution in [3.05, 3.63) is 35.1 Å². The van der Waals surface area contributed by atoms with Crippen LogP contribution in [0.2, 0.25) is 0 Å². The van der Waals surface area contributed by atoms with Crippen LogP contribution >= 0.6 is 0 Å². The minimum absolute atomic E-state index is 0.241. The molecule has 1 heterocycles. The highest BCUT2D eigenvalue weighted by molar-refractivity contribution is 5.74. The molecule has 0 radical (unpaired) electrons. The number of hydrogen-bond donors (Lipinski definition) is 2. The van der Waals surface area contributed by atoms with Gasteiger partial charge in [-0.2, -0.15) is 0 Å². The van der Waals surface area contributed by atoms with Crippen molar-refractivity contribution in [2.45, 2.75) is 19.5 Å². The molecule has 1 aliphatic rings. The highest BCUT2D eigenvalue weighted by atomic mass is 19.1. The largest absolute Gasteiger partial charge is 0.480 e. The van der Waals surface area contributed by atoms with Crippen molar-refractivity contribution < 1.29 is 14.3 Å². The number of benzene rings is 1. The molecule has 1 saturated heterocycles. The zero-order valence-electron chi connectivity index (χ0n) is 10.3. The first-order valence-electron chi connectivity index (χ1n) is 6.00. The Morgan fingerprint density at radius 2 is 2.39 bits per heavy atom. The van der Waals surface area contributed by atoms with E-state index in [1.807, 2.05) is 11.0 Å². The van der Waals surface area contributed by atoms with Crippen LogP contribution < -0.4 is 5.32 Å². The smallest absolute Gasteiger partial charge is 0.322 e. The van der Waals surface area contributed by atoms with Gasteiger partial charge in [0.05, 0.1) is 0 Å². The Morgan fingerprint density at radius 3 is 3.06 bits per heavy atom. The van der Waals surface area contributed by atoms with Crippen molar-refractivity contribution >= 4 is 5.97 Å². The quantitative estimate of drug-likeness (QED) is 0.842. The van der Waals surface area contributed by atoms with Crippen molar-refractivity contribution in [2.24, 2.45) is 0 Å². The van der Waals surface area contributed by atoms with E-state index in [1.54, 1.807) is 13.0 Å². The molecule has 0 bridgehead atoms. The van der Waals surface area contributed by atoms with Gasteiger partial charge in [-0.3, -0.25) is 9.69 Å². The fourth-order valence-electron chi connectivity index (χ4n) is 2.15. The number of nitrogens with one attached hydrogen (secondary N) is 1. The van der Waals surface area contributed by atoms with Crippen molar-refractivity contribution in [2.75, 3.05) is 19.6 Å². The Hall–Kier alpha value is -1.46. The summed E-state index contributed by atoms with van der Waals surface area (Å²) >= 11 is 0. The molecule has 1 fully saturated rings. The minimum atomic E-state index is -0.838. The SMILES string of the molecule is Cc1ccc(CN2CCNCC2C(=O)O)cc1F. The number of halogens is 1. The fraction of sp³-hybridized carbons (Fsp3) is 0.462. The molecule has 0 saturated carbocycles. The van der Waals surface area contributed by atoms with Crippen LogP contribution in [0.3, 0.4) is 0 Å². The highest BCUT2D eigenvalue weighted by Gasteiger charge is 2.28. The van der Waals surface area contributed by atoms with E-state index in [9.17, 15) is 9.18 Å². The zero-order valence-corrected chi connectivity index (χ0v) is 10.3. The Balaban J connectivity index is 2.10. The molecule has 1 atom stereocenters. The molecule has 2 N–H and O–H groups in total. The number of carbonyl (C=O) groups is 1. The molecule has 1 aliphatic heterocycles. The topological polar surface area (TPSA) is 52.6 Å². The first-order chi connectivity index (χ1) is 8.58. The Labute approximate surface area is 105 Å². The van der Waals surface area contributed by atoms with Crippen LogP contribution in [0.25, 0.3) is 0 Å². The summed E-state index contributed by atoms with van der Waals surface area (Å²) in [6.45, 7) is 4.04. The van der Waals surface area contributed by atoms with Gasteiger partial charge in [0.25, 0.3) is 0 Å². The molecule has 0 spiro atoms. The fourth-order valence-corrected chi connectivity index (χ4v) is 2.15. The maximum absolute atomic E-state index is 13.4. The van der Waals surface area contributed by atoms with Gasteiger partial charge in [0.2, 0.25) is 0 Å². The number of carboxylic acid groups (broad SMARTS) is 1. The van der Waals surface area contributed by atoms with E-state index in [2.05, 4.69) is 5.32 Å². The monoisotopic (exact) mass is 252 g/mol. The average molecular weight is 252 g/mol. The van der Waals surface area contributed by atoms with Crippen molar-refractivity contribution in [1.29, 1.82) is 0 Å². The number of aryl methyl sites for hydroxylation is 1. The van der Waals surface area contributed by atoms with Crippen LogP contribution in [-0.2, 0) is 11.3 Å². The second-order valence-electron chi connectivity index (χ2n) is 4.61. The third-order valence-electron chi connectivity index (χ3n) is 3.26. The molecule has 98 valence electrons. The Bertz CT molecular complexity index is 451. The third kappa shape index (κ3) is 2.86. The first-order valence-corrected chi connectivity index (χ1v) is 6.00. The summed E-state index contributed by atoms with van der Waals surface area (Å²) in [5.41, 5.74) is 1.42. The van der Waals surface area contributed by atoms with Gasteiger partial charge >= 0.3 is 5.97 Å². The number of hydrogen-bond acceptors (Lipinski definition) is 3. The van der Waals surface area contributed by atoms with Crippen molar-refractivity contribution in [1.82, 2.24) is 10.2 Å². The van der Waals surface area contributed by atoms with Gasteiger partial charge in [-0.1, -0.05) is 12.1 Å². The predicted molar refractivity (Wildman–Crippen MR) is 65.8 cm³/mol. The summed E-state index contributed by atoms with van der Waals surface area (Å²) in [6.07, 6.45) is 0. The van der Waals surface area contributed by atoms with E-state index in [-0.39, 0.29) is 5.82 Å². The van der Waals surface area contributed by atoms with E-state index < -0.39 is 12.0 Å². The molecular formula is C13H17FN2O2. The van der Waals surface area contributed by atoms with Crippen LogP contribution in [0.4, 0.5) is 4.39 Å². The van der Waals surface area contributed by atoms with Gasteiger partial charge in [-0.25, -0.2) is 4.39 Å². The van der Waals surface area contributed by atoms with E-state index in [0.717, 1.165) is 12.1 Å². The summed E-state index contributed by atoms with van der Waals surface area (Å²) in [5.74, 6) is -1.08. The molecular weight excluding hydrogens is 235 g/mol. The summed E-state index contributed by atoms with van der Waals surface area (Å²) in [5, 5.41) is 12.2. The zero-order chi connectivity index (χ0) is 13.1. The van der Waals surface area contributed by atoms with Crippen LogP contribution in [0, 0.1) is 12.7 Å². The number of nitrogens with zero attached hydrogens (tertiary/aromatic N) is 1. The molecule has 2 rings (SSSR count). The number of aliphatic carboxylic acids is 1. The van der Waals surface area contributed by atoms with E-state index in [0.29, 0.717) is 25.2 Å². The molecule has 1 aromatic rings. The number of piperazine rings is 1. The van der Waals surface area contributed by atoms with Crippen LogP contribution in [0.1, 0.15) is 11.1 Å². The normalized spacial score (nSPS) is 20.9. The second-order valence-corrected chi connectivity index (χ2v) is 4.61.